The molecule has 2 nitrogen and oxygen atoms in total. The smallest absolute Gasteiger partial charge is 0.0206 e. The number of likely N-dealkylation sites (tertiary alicyclic amines) is 1. The van der Waals surface area contributed by atoms with Crippen LogP contribution >= 0.6 is 0 Å². The lowest BCUT2D eigenvalue weighted by atomic mass is 10.1. The highest BCUT2D eigenvalue weighted by atomic mass is 15.2. The van der Waals surface area contributed by atoms with Crippen LogP contribution in [0.3, 0.4) is 0 Å². The summed E-state index contributed by atoms with van der Waals surface area (Å²) in [4.78, 5) is 2.53. The van der Waals surface area contributed by atoms with Gasteiger partial charge >= 0.3 is 0 Å². The van der Waals surface area contributed by atoms with E-state index in [0.29, 0.717) is 12.0 Å². The first kappa shape index (κ1) is 9.22. The van der Waals surface area contributed by atoms with Gasteiger partial charge in [0, 0.05) is 25.7 Å². The van der Waals surface area contributed by atoms with E-state index in [4.69, 9.17) is 5.73 Å². The molecule has 13 heavy (non-hydrogen) atoms. The molecular formula is C11H20N2. The van der Waals surface area contributed by atoms with Crippen LogP contribution in [0.2, 0.25) is 0 Å². The molecule has 0 saturated carbocycles. The molecule has 1 aliphatic carbocycles. The van der Waals surface area contributed by atoms with Crippen LogP contribution in [0, 0.1) is 11.8 Å². The van der Waals surface area contributed by atoms with Crippen LogP contribution in [0.25, 0.3) is 0 Å². The van der Waals surface area contributed by atoms with Crippen LogP contribution in [-0.4, -0.2) is 30.6 Å². The Morgan fingerprint density at radius 1 is 1.31 bits per heavy atom. The fourth-order valence-electron chi connectivity index (χ4n) is 2.43. The Balaban J connectivity index is 1.77. The molecule has 0 amide bonds. The van der Waals surface area contributed by atoms with Gasteiger partial charge in [-0.3, -0.25) is 0 Å². The van der Waals surface area contributed by atoms with Crippen molar-refractivity contribution in [3.8, 4) is 0 Å². The topological polar surface area (TPSA) is 29.3 Å². The van der Waals surface area contributed by atoms with Gasteiger partial charge in [-0.15, -0.1) is 0 Å². The van der Waals surface area contributed by atoms with Gasteiger partial charge in [0.15, 0.2) is 0 Å². The molecule has 0 aromatic rings. The van der Waals surface area contributed by atoms with Gasteiger partial charge in [-0.25, -0.2) is 0 Å². The summed E-state index contributed by atoms with van der Waals surface area (Å²) in [5.41, 5.74) is 5.99. The monoisotopic (exact) mass is 180 g/mol. The Kier molecular flexibility index (Phi) is 2.70. The van der Waals surface area contributed by atoms with Crippen molar-refractivity contribution in [2.45, 2.75) is 25.8 Å². The lowest BCUT2D eigenvalue weighted by Crippen LogP contribution is -2.30. The fourth-order valence-corrected chi connectivity index (χ4v) is 2.43. The molecule has 74 valence electrons. The van der Waals surface area contributed by atoms with Gasteiger partial charge < -0.3 is 10.6 Å². The Bertz CT molecular complexity index is 182. The number of nitrogens with zero attached hydrogens (tertiary/aromatic N) is 1. The number of nitrogens with two attached hydrogens (primary N) is 1. The Labute approximate surface area is 80.8 Å². The standard InChI is InChI=1S/C11H20N2/c1-9-6-13(8-11(9)12)7-10-4-2-3-5-10/h2-3,9-11H,4-8,12H2,1H3. The molecule has 1 aliphatic heterocycles. The molecule has 0 aromatic carbocycles. The van der Waals surface area contributed by atoms with Gasteiger partial charge in [-0.2, -0.15) is 0 Å². The molecule has 0 spiro atoms. The predicted molar refractivity (Wildman–Crippen MR) is 55.4 cm³/mol. The summed E-state index contributed by atoms with van der Waals surface area (Å²) in [5, 5.41) is 0. The number of hydrogen-bond acceptors (Lipinski definition) is 2. The summed E-state index contributed by atoms with van der Waals surface area (Å²) in [6, 6.07) is 0.411. The van der Waals surface area contributed by atoms with Crippen LogP contribution in [0.15, 0.2) is 12.2 Å². The molecule has 0 radical (unpaired) electrons. The zero-order valence-corrected chi connectivity index (χ0v) is 8.45. The van der Waals surface area contributed by atoms with Gasteiger partial charge in [-0.1, -0.05) is 19.1 Å². The normalized spacial score (nSPS) is 36.2. The van der Waals surface area contributed by atoms with Crippen molar-refractivity contribution in [2.75, 3.05) is 19.6 Å². The van der Waals surface area contributed by atoms with E-state index in [-0.39, 0.29) is 0 Å². The second-order valence-electron chi connectivity index (χ2n) is 4.67. The third kappa shape index (κ3) is 2.12. The van der Waals surface area contributed by atoms with E-state index in [1.807, 2.05) is 0 Å². The van der Waals surface area contributed by atoms with E-state index in [2.05, 4.69) is 24.0 Å². The Hall–Kier alpha value is -0.340. The minimum atomic E-state index is 0.411. The average Bonchev–Trinajstić information content (AvgIpc) is 2.64. The molecule has 2 unspecified atom stereocenters. The third-order valence-electron chi connectivity index (χ3n) is 3.37. The quantitative estimate of drug-likeness (QED) is 0.648. The van der Waals surface area contributed by atoms with Gasteiger partial charge in [0.2, 0.25) is 0 Å². The molecule has 2 atom stereocenters. The van der Waals surface area contributed by atoms with Crippen molar-refractivity contribution in [3.05, 3.63) is 12.2 Å². The van der Waals surface area contributed by atoms with E-state index in [9.17, 15) is 0 Å². The summed E-state index contributed by atoms with van der Waals surface area (Å²) in [6.45, 7) is 5.83. The lowest BCUT2D eigenvalue weighted by Gasteiger charge is -2.19. The van der Waals surface area contributed by atoms with Crippen molar-refractivity contribution < 1.29 is 0 Å². The van der Waals surface area contributed by atoms with Crippen LogP contribution in [0.1, 0.15) is 19.8 Å². The van der Waals surface area contributed by atoms with Crippen molar-refractivity contribution in [2.24, 2.45) is 17.6 Å². The molecule has 1 fully saturated rings. The zero-order valence-electron chi connectivity index (χ0n) is 8.45. The van der Waals surface area contributed by atoms with Crippen LogP contribution in [0.4, 0.5) is 0 Å². The van der Waals surface area contributed by atoms with Crippen molar-refractivity contribution in [1.29, 1.82) is 0 Å². The summed E-state index contributed by atoms with van der Waals surface area (Å²) in [7, 11) is 0. The largest absolute Gasteiger partial charge is 0.326 e. The summed E-state index contributed by atoms with van der Waals surface area (Å²) in [6.07, 6.45) is 7.18. The minimum absolute atomic E-state index is 0.411. The van der Waals surface area contributed by atoms with Gasteiger partial charge in [0.1, 0.15) is 0 Å². The van der Waals surface area contributed by atoms with E-state index < -0.39 is 0 Å². The summed E-state index contributed by atoms with van der Waals surface area (Å²) < 4.78 is 0. The number of hydrogen-bond donors (Lipinski definition) is 1. The first-order valence-corrected chi connectivity index (χ1v) is 5.38. The SMILES string of the molecule is CC1CN(CC2CC=CC2)CC1N. The number of rotatable bonds is 2. The molecule has 2 aliphatic rings. The number of allylic oxidation sites excluding steroid dienone is 2. The fraction of sp³-hybridized carbons (Fsp3) is 0.818. The molecule has 0 aromatic heterocycles. The first-order chi connectivity index (χ1) is 6.25. The second-order valence-corrected chi connectivity index (χ2v) is 4.67. The molecule has 1 heterocycles. The van der Waals surface area contributed by atoms with Crippen molar-refractivity contribution >= 4 is 0 Å². The minimum Gasteiger partial charge on any atom is -0.326 e. The second kappa shape index (κ2) is 3.81. The molecular weight excluding hydrogens is 160 g/mol. The third-order valence-corrected chi connectivity index (χ3v) is 3.37. The predicted octanol–water partition coefficient (Wildman–Crippen LogP) is 1.23. The maximum Gasteiger partial charge on any atom is 0.0206 e. The van der Waals surface area contributed by atoms with E-state index in [0.717, 1.165) is 12.5 Å². The van der Waals surface area contributed by atoms with Crippen LogP contribution in [0.5, 0.6) is 0 Å². The average molecular weight is 180 g/mol. The molecule has 2 rings (SSSR count). The van der Waals surface area contributed by atoms with E-state index in [1.165, 1.54) is 25.9 Å². The molecule has 1 saturated heterocycles. The summed E-state index contributed by atoms with van der Waals surface area (Å²) in [5.74, 6) is 1.56. The lowest BCUT2D eigenvalue weighted by molar-refractivity contribution is 0.275. The van der Waals surface area contributed by atoms with Gasteiger partial charge in [-0.05, 0) is 24.7 Å². The van der Waals surface area contributed by atoms with Crippen LogP contribution in [-0.2, 0) is 0 Å². The highest BCUT2D eigenvalue weighted by molar-refractivity contribution is 4.96. The highest BCUT2D eigenvalue weighted by Crippen LogP contribution is 2.22. The Morgan fingerprint density at radius 2 is 2.00 bits per heavy atom. The van der Waals surface area contributed by atoms with Crippen molar-refractivity contribution in [1.82, 2.24) is 4.90 Å². The first-order valence-electron chi connectivity index (χ1n) is 5.38. The van der Waals surface area contributed by atoms with E-state index >= 15 is 0 Å². The zero-order chi connectivity index (χ0) is 9.26. The van der Waals surface area contributed by atoms with Gasteiger partial charge in [0.05, 0.1) is 0 Å². The van der Waals surface area contributed by atoms with E-state index in [1.54, 1.807) is 0 Å². The maximum absolute atomic E-state index is 5.99. The van der Waals surface area contributed by atoms with Crippen LogP contribution < -0.4 is 5.73 Å². The van der Waals surface area contributed by atoms with Gasteiger partial charge in [0.25, 0.3) is 0 Å². The Morgan fingerprint density at radius 3 is 2.54 bits per heavy atom. The van der Waals surface area contributed by atoms with Crippen molar-refractivity contribution in [3.63, 3.8) is 0 Å². The highest BCUT2D eigenvalue weighted by Gasteiger charge is 2.27. The molecule has 0 bridgehead atoms. The summed E-state index contributed by atoms with van der Waals surface area (Å²) >= 11 is 0. The maximum atomic E-state index is 5.99. The molecule has 2 N–H and O–H groups in total. The molecule has 2 heteroatoms.